The van der Waals surface area contributed by atoms with Gasteiger partial charge >= 0.3 is 6.61 Å². The number of halogens is 3. The summed E-state index contributed by atoms with van der Waals surface area (Å²) >= 11 is 1.71. The zero-order valence-electron chi connectivity index (χ0n) is 15.6. The molecule has 0 unspecified atom stereocenters. The maximum absolute atomic E-state index is 12.3. The Morgan fingerprint density at radius 1 is 1.30 bits per heavy atom. The minimum atomic E-state index is -2.83. The van der Waals surface area contributed by atoms with Crippen molar-refractivity contribution in [2.24, 2.45) is 4.99 Å². The molecule has 2 N–H and O–H groups in total. The van der Waals surface area contributed by atoms with Crippen LogP contribution in [-0.4, -0.2) is 30.6 Å². The van der Waals surface area contributed by atoms with Crippen molar-refractivity contribution in [3.63, 3.8) is 0 Å². The third-order valence-corrected chi connectivity index (χ3v) is 4.72. The van der Waals surface area contributed by atoms with E-state index in [2.05, 4.69) is 32.3 Å². The van der Waals surface area contributed by atoms with Crippen LogP contribution >= 0.6 is 35.3 Å². The molecule has 5 nitrogen and oxygen atoms in total. The van der Waals surface area contributed by atoms with Gasteiger partial charge in [0.15, 0.2) is 5.96 Å². The number of alkyl halides is 2. The molecule has 0 aliphatic carbocycles. The van der Waals surface area contributed by atoms with E-state index < -0.39 is 6.61 Å². The highest BCUT2D eigenvalue weighted by Gasteiger charge is 2.06. The van der Waals surface area contributed by atoms with Crippen molar-refractivity contribution in [2.45, 2.75) is 40.3 Å². The molecule has 1 aromatic carbocycles. The normalized spacial score (nSPS) is 11.3. The number of hydrogen-bond donors (Lipinski definition) is 2. The summed E-state index contributed by atoms with van der Waals surface area (Å²) in [4.78, 5) is 10.3. The summed E-state index contributed by atoms with van der Waals surface area (Å²) in [6.45, 7) is 5.06. The van der Waals surface area contributed by atoms with Crippen LogP contribution in [0.1, 0.15) is 28.1 Å². The van der Waals surface area contributed by atoms with E-state index in [-0.39, 0.29) is 29.7 Å². The molecule has 1 aromatic heterocycles. The van der Waals surface area contributed by atoms with E-state index in [1.165, 1.54) is 10.9 Å². The highest BCUT2D eigenvalue weighted by molar-refractivity contribution is 14.0. The average Bonchev–Trinajstić information content (AvgIpc) is 2.90. The van der Waals surface area contributed by atoms with Crippen LogP contribution in [0.3, 0.4) is 0 Å². The van der Waals surface area contributed by atoms with Gasteiger partial charge in [-0.3, -0.25) is 0 Å². The summed E-state index contributed by atoms with van der Waals surface area (Å²) in [5, 5.41) is 7.54. The fourth-order valence-electron chi connectivity index (χ4n) is 2.27. The highest BCUT2D eigenvalue weighted by Crippen LogP contribution is 2.17. The number of nitrogens with one attached hydrogen (secondary N) is 2. The lowest BCUT2D eigenvalue weighted by atomic mass is 10.2. The number of thiazole rings is 1. The molecule has 2 rings (SSSR count). The first-order chi connectivity index (χ1) is 12.5. The molecule has 0 bridgehead atoms. The quantitative estimate of drug-likeness (QED) is 0.317. The Balaban J connectivity index is 0.00000364. The van der Waals surface area contributed by atoms with Gasteiger partial charge in [0.2, 0.25) is 0 Å². The third kappa shape index (κ3) is 8.37. The van der Waals surface area contributed by atoms with Crippen molar-refractivity contribution in [1.82, 2.24) is 15.6 Å². The average molecular weight is 510 g/mol. The van der Waals surface area contributed by atoms with Gasteiger partial charge in [0.1, 0.15) is 5.75 Å². The number of aromatic nitrogens is 1. The number of ether oxygens (including phenoxy) is 1. The largest absolute Gasteiger partial charge is 0.435 e. The van der Waals surface area contributed by atoms with Gasteiger partial charge in [-0.25, -0.2) is 9.98 Å². The van der Waals surface area contributed by atoms with Crippen LogP contribution in [0.25, 0.3) is 0 Å². The van der Waals surface area contributed by atoms with Crippen LogP contribution < -0.4 is 15.4 Å². The predicted octanol–water partition coefficient (Wildman–Crippen LogP) is 4.28. The summed E-state index contributed by atoms with van der Waals surface area (Å²) < 4.78 is 29.0. The molecule has 0 radical (unpaired) electrons. The lowest BCUT2D eigenvalue weighted by Gasteiger charge is -2.11. The predicted molar refractivity (Wildman–Crippen MR) is 117 cm³/mol. The van der Waals surface area contributed by atoms with Gasteiger partial charge in [0, 0.05) is 24.4 Å². The molecular formula is C18H25F2IN4OS. The molecule has 0 saturated carbocycles. The lowest BCUT2D eigenvalue weighted by molar-refractivity contribution is -0.0498. The van der Waals surface area contributed by atoms with E-state index in [1.54, 1.807) is 23.5 Å². The third-order valence-electron chi connectivity index (χ3n) is 3.59. The Bertz CT molecular complexity index is 720. The SMILES string of the molecule is CCNC(=NCc1cccc(OC(F)F)c1)NCCc1nc(C)c(C)s1.I. The molecule has 150 valence electrons. The second-order valence-electron chi connectivity index (χ2n) is 5.65. The first-order valence-electron chi connectivity index (χ1n) is 8.46. The fourth-order valence-corrected chi connectivity index (χ4v) is 3.20. The topological polar surface area (TPSA) is 58.5 Å². The number of aryl methyl sites for hydroxylation is 2. The maximum atomic E-state index is 12.3. The number of nitrogens with zero attached hydrogens (tertiary/aromatic N) is 2. The van der Waals surface area contributed by atoms with E-state index in [1.807, 2.05) is 19.9 Å². The molecule has 9 heteroatoms. The molecular weight excluding hydrogens is 485 g/mol. The van der Waals surface area contributed by atoms with Crippen LogP contribution in [-0.2, 0) is 13.0 Å². The van der Waals surface area contributed by atoms with Crippen molar-refractivity contribution in [2.75, 3.05) is 13.1 Å². The number of aliphatic imine (C=N–C) groups is 1. The Morgan fingerprint density at radius 3 is 2.70 bits per heavy atom. The van der Waals surface area contributed by atoms with Gasteiger partial charge in [0.05, 0.1) is 17.2 Å². The summed E-state index contributed by atoms with van der Waals surface area (Å²) in [6.07, 6.45) is 0.821. The molecule has 0 aliphatic rings. The molecule has 0 fully saturated rings. The molecule has 0 atom stereocenters. The smallest absolute Gasteiger partial charge is 0.387 e. The Hall–Kier alpha value is -1.49. The van der Waals surface area contributed by atoms with Crippen molar-refractivity contribution in [3.8, 4) is 5.75 Å². The highest BCUT2D eigenvalue weighted by atomic mass is 127. The molecule has 0 saturated heterocycles. The maximum Gasteiger partial charge on any atom is 0.387 e. The second kappa shape index (κ2) is 12.1. The first-order valence-corrected chi connectivity index (χ1v) is 9.28. The lowest BCUT2D eigenvalue weighted by Crippen LogP contribution is -2.38. The summed E-state index contributed by atoms with van der Waals surface area (Å²) in [7, 11) is 0. The standard InChI is InChI=1S/C18H24F2N4OS.HI/c1-4-21-18(22-9-8-16-24-12(2)13(3)26-16)23-11-14-6-5-7-15(10-14)25-17(19)20;/h5-7,10,17H,4,8-9,11H2,1-3H3,(H2,21,22,23);1H. The van der Waals surface area contributed by atoms with E-state index in [0.717, 1.165) is 29.2 Å². The minimum Gasteiger partial charge on any atom is -0.435 e. The molecule has 2 aromatic rings. The van der Waals surface area contributed by atoms with Crippen LogP contribution in [0.15, 0.2) is 29.3 Å². The van der Waals surface area contributed by atoms with Crippen molar-refractivity contribution < 1.29 is 13.5 Å². The minimum absolute atomic E-state index is 0. The zero-order chi connectivity index (χ0) is 18.9. The van der Waals surface area contributed by atoms with Gasteiger partial charge in [-0.2, -0.15) is 8.78 Å². The summed E-state index contributed by atoms with van der Waals surface area (Å²) in [6, 6.07) is 6.57. The van der Waals surface area contributed by atoms with Crippen LogP contribution in [0, 0.1) is 13.8 Å². The Kier molecular flexibility index (Phi) is 10.5. The fraction of sp³-hybridized carbons (Fsp3) is 0.444. The first kappa shape index (κ1) is 23.5. The van der Waals surface area contributed by atoms with Gasteiger partial charge in [-0.05, 0) is 38.5 Å². The molecule has 0 spiro atoms. The van der Waals surface area contributed by atoms with Crippen LogP contribution in [0.5, 0.6) is 5.75 Å². The van der Waals surface area contributed by atoms with E-state index in [9.17, 15) is 8.78 Å². The van der Waals surface area contributed by atoms with Crippen LogP contribution in [0.4, 0.5) is 8.78 Å². The Labute approximate surface area is 179 Å². The summed E-state index contributed by atoms with van der Waals surface area (Å²) in [5.74, 6) is 0.817. The summed E-state index contributed by atoms with van der Waals surface area (Å²) in [5.41, 5.74) is 1.88. The van der Waals surface area contributed by atoms with Gasteiger partial charge in [-0.15, -0.1) is 35.3 Å². The van der Waals surface area contributed by atoms with Gasteiger partial charge in [0.25, 0.3) is 0 Å². The van der Waals surface area contributed by atoms with Crippen molar-refractivity contribution >= 4 is 41.3 Å². The molecule has 27 heavy (non-hydrogen) atoms. The monoisotopic (exact) mass is 510 g/mol. The van der Waals surface area contributed by atoms with E-state index >= 15 is 0 Å². The second-order valence-corrected chi connectivity index (χ2v) is 6.93. The van der Waals surface area contributed by atoms with Crippen LogP contribution in [0.2, 0.25) is 0 Å². The number of benzene rings is 1. The molecule has 1 heterocycles. The van der Waals surface area contributed by atoms with Gasteiger partial charge in [-0.1, -0.05) is 12.1 Å². The van der Waals surface area contributed by atoms with E-state index in [0.29, 0.717) is 19.0 Å². The van der Waals surface area contributed by atoms with E-state index in [4.69, 9.17) is 0 Å². The zero-order valence-corrected chi connectivity index (χ0v) is 18.7. The van der Waals surface area contributed by atoms with Crippen molar-refractivity contribution in [3.05, 3.63) is 45.4 Å². The van der Waals surface area contributed by atoms with Gasteiger partial charge < -0.3 is 15.4 Å². The Morgan fingerprint density at radius 2 is 2.07 bits per heavy atom. The number of hydrogen-bond acceptors (Lipinski definition) is 4. The van der Waals surface area contributed by atoms with Crippen molar-refractivity contribution in [1.29, 1.82) is 0 Å². The number of guanidine groups is 1. The molecule has 0 amide bonds. The number of rotatable bonds is 8. The molecule has 0 aliphatic heterocycles.